The van der Waals surface area contributed by atoms with Crippen molar-refractivity contribution >= 4 is 24.1 Å². The van der Waals surface area contributed by atoms with Gasteiger partial charge >= 0.3 is 5.97 Å². The number of hydrogen-bond acceptors (Lipinski definition) is 4. The SMILES string of the molecule is Cl.Nc1ccc(C(=O)OCCCN2CCC(c3ccccc3)CC2)cc1.O. The quantitative estimate of drug-likeness (QED) is 0.464. The van der Waals surface area contributed by atoms with Gasteiger partial charge in [0, 0.05) is 12.2 Å². The molecule has 1 saturated heterocycles. The van der Waals surface area contributed by atoms with Crippen LogP contribution in [0.2, 0.25) is 0 Å². The fourth-order valence-corrected chi connectivity index (χ4v) is 3.37. The molecule has 0 saturated carbocycles. The first-order valence-electron chi connectivity index (χ1n) is 9.02. The molecule has 1 heterocycles. The summed E-state index contributed by atoms with van der Waals surface area (Å²) in [6.45, 7) is 3.68. The third-order valence-electron chi connectivity index (χ3n) is 4.86. The average Bonchev–Trinajstić information content (AvgIpc) is 2.67. The molecular weight excluding hydrogens is 364 g/mol. The maximum atomic E-state index is 11.9. The minimum Gasteiger partial charge on any atom is -0.462 e. The molecule has 4 N–H and O–H groups in total. The highest BCUT2D eigenvalue weighted by atomic mass is 35.5. The molecule has 1 aliphatic rings. The van der Waals surface area contributed by atoms with E-state index in [1.54, 1.807) is 24.3 Å². The number of halogens is 1. The second-order valence-corrected chi connectivity index (χ2v) is 6.64. The maximum absolute atomic E-state index is 11.9. The molecular formula is C21H29ClN2O3. The molecule has 1 fully saturated rings. The summed E-state index contributed by atoms with van der Waals surface area (Å²) in [6, 6.07) is 17.6. The van der Waals surface area contributed by atoms with Crippen LogP contribution in [0.3, 0.4) is 0 Å². The number of rotatable bonds is 6. The van der Waals surface area contributed by atoms with Gasteiger partial charge in [-0.25, -0.2) is 4.79 Å². The standard InChI is InChI=1S/C21H26N2O2.ClH.H2O/c22-20-9-7-19(8-10-20)21(24)25-16-4-13-23-14-11-18(12-15-23)17-5-2-1-3-6-17;;/h1-3,5-10,18H,4,11-16,22H2;1H;1H2. The first kappa shape index (κ1) is 23.0. The van der Waals surface area contributed by atoms with E-state index < -0.39 is 0 Å². The summed E-state index contributed by atoms with van der Waals surface area (Å²) in [5.41, 5.74) is 8.28. The number of esters is 1. The Balaban J connectivity index is 0.00000182. The smallest absolute Gasteiger partial charge is 0.338 e. The predicted octanol–water partition coefficient (Wildman–Crippen LogP) is 3.29. The lowest BCUT2D eigenvalue weighted by Crippen LogP contribution is -2.34. The van der Waals surface area contributed by atoms with Gasteiger partial charge in [-0.2, -0.15) is 0 Å². The Morgan fingerprint density at radius 1 is 1.04 bits per heavy atom. The van der Waals surface area contributed by atoms with Gasteiger partial charge in [0.25, 0.3) is 0 Å². The van der Waals surface area contributed by atoms with Crippen molar-refractivity contribution in [1.82, 2.24) is 4.90 Å². The zero-order chi connectivity index (χ0) is 17.5. The molecule has 2 aromatic rings. The number of ether oxygens (including phenoxy) is 1. The van der Waals surface area contributed by atoms with Crippen LogP contribution >= 0.6 is 12.4 Å². The number of carbonyl (C=O) groups excluding carboxylic acids is 1. The van der Waals surface area contributed by atoms with Crippen LogP contribution in [0.25, 0.3) is 0 Å². The molecule has 3 rings (SSSR count). The Hall–Kier alpha value is -2.08. The molecule has 6 heteroatoms. The average molecular weight is 393 g/mol. The normalized spacial score (nSPS) is 14.7. The number of benzene rings is 2. The van der Waals surface area contributed by atoms with Crippen molar-refractivity contribution in [2.24, 2.45) is 0 Å². The molecule has 0 amide bonds. The Kier molecular flexibility index (Phi) is 9.86. The first-order chi connectivity index (χ1) is 12.2. The highest BCUT2D eigenvalue weighted by Gasteiger charge is 2.20. The van der Waals surface area contributed by atoms with Crippen LogP contribution in [0.4, 0.5) is 5.69 Å². The van der Waals surface area contributed by atoms with E-state index in [1.165, 1.54) is 18.4 Å². The van der Waals surface area contributed by atoms with Gasteiger partial charge in [-0.05, 0) is 68.1 Å². The highest BCUT2D eigenvalue weighted by molar-refractivity contribution is 5.89. The number of likely N-dealkylation sites (tertiary alicyclic amines) is 1. The molecule has 5 nitrogen and oxygen atoms in total. The second-order valence-electron chi connectivity index (χ2n) is 6.64. The summed E-state index contributed by atoms with van der Waals surface area (Å²) >= 11 is 0. The minimum absolute atomic E-state index is 0. The van der Waals surface area contributed by atoms with Crippen LogP contribution < -0.4 is 5.73 Å². The van der Waals surface area contributed by atoms with E-state index in [2.05, 4.69) is 35.2 Å². The van der Waals surface area contributed by atoms with Crippen LogP contribution in [-0.2, 0) is 4.74 Å². The Bertz CT molecular complexity index is 672. The number of nitrogens with two attached hydrogens (primary N) is 1. The third kappa shape index (κ3) is 6.86. The Morgan fingerprint density at radius 2 is 1.67 bits per heavy atom. The van der Waals surface area contributed by atoms with E-state index in [4.69, 9.17) is 10.5 Å². The number of nitrogens with zero attached hydrogens (tertiary/aromatic N) is 1. The van der Waals surface area contributed by atoms with Crippen molar-refractivity contribution < 1.29 is 15.0 Å². The van der Waals surface area contributed by atoms with Gasteiger partial charge in [-0.3, -0.25) is 0 Å². The molecule has 27 heavy (non-hydrogen) atoms. The molecule has 148 valence electrons. The summed E-state index contributed by atoms with van der Waals surface area (Å²) < 4.78 is 5.34. The van der Waals surface area contributed by atoms with Crippen LogP contribution in [-0.4, -0.2) is 42.6 Å². The van der Waals surface area contributed by atoms with Gasteiger partial charge in [-0.15, -0.1) is 12.4 Å². The Morgan fingerprint density at radius 3 is 2.30 bits per heavy atom. The zero-order valence-electron chi connectivity index (χ0n) is 15.5. The van der Waals surface area contributed by atoms with Crippen molar-refractivity contribution in [3.63, 3.8) is 0 Å². The van der Waals surface area contributed by atoms with Gasteiger partial charge < -0.3 is 20.8 Å². The molecule has 1 aliphatic heterocycles. The molecule has 0 spiro atoms. The summed E-state index contributed by atoms with van der Waals surface area (Å²) in [5.74, 6) is 0.406. The van der Waals surface area contributed by atoms with Crippen LogP contribution in [0.1, 0.15) is 41.1 Å². The largest absolute Gasteiger partial charge is 0.462 e. The topological polar surface area (TPSA) is 87.1 Å². The van der Waals surface area contributed by atoms with Gasteiger partial charge in [-0.1, -0.05) is 30.3 Å². The maximum Gasteiger partial charge on any atom is 0.338 e. The monoisotopic (exact) mass is 392 g/mol. The minimum atomic E-state index is -0.275. The zero-order valence-corrected chi connectivity index (χ0v) is 16.3. The van der Waals surface area contributed by atoms with E-state index in [0.717, 1.165) is 26.1 Å². The fraction of sp³-hybridized carbons (Fsp3) is 0.381. The molecule has 0 unspecified atom stereocenters. The highest BCUT2D eigenvalue weighted by Crippen LogP contribution is 2.27. The lowest BCUT2D eigenvalue weighted by Gasteiger charge is -2.32. The van der Waals surface area contributed by atoms with Crippen molar-refractivity contribution in [3.05, 3.63) is 65.7 Å². The third-order valence-corrected chi connectivity index (χ3v) is 4.86. The molecule has 0 aliphatic carbocycles. The number of nitrogen functional groups attached to an aromatic ring is 1. The van der Waals surface area contributed by atoms with E-state index in [-0.39, 0.29) is 23.9 Å². The lowest BCUT2D eigenvalue weighted by atomic mass is 9.89. The van der Waals surface area contributed by atoms with Crippen LogP contribution in [0.5, 0.6) is 0 Å². The number of anilines is 1. The summed E-state index contributed by atoms with van der Waals surface area (Å²) in [7, 11) is 0. The predicted molar refractivity (Wildman–Crippen MR) is 111 cm³/mol. The van der Waals surface area contributed by atoms with Gasteiger partial charge in [0.15, 0.2) is 0 Å². The molecule has 0 aromatic heterocycles. The van der Waals surface area contributed by atoms with Gasteiger partial charge in [0.05, 0.1) is 12.2 Å². The van der Waals surface area contributed by atoms with E-state index >= 15 is 0 Å². The van der Waals surface area contributed by atoms with Crippen molar-refractivity contribution in [1.29, 1.82) is 0 Å². The summed E-state index contributed by atoms with van der Waals surface area (Å²) in [4.78, 5) is 14.4. The van der Waals surface area contributed by atoms with Gasteiger partial charge in [0.1, 0.15) is 0 Å². The summed E-state index contributed by atoms with van der Waals surface area (Å²) in [6.07, 6.45) is 3.28. The fourth-order valence-electron chi connectivity index (χ4n) is 3.37. The number of hydrogen-bond donors (Lipinski definition) is 1. The van der Waals surface area contributed by atoms with Crippen molar-refractivity contribution in [2.75, 3.05) is 32.0 Å². The Labute approximate surface area is 167 Å². The van der Waals surface area contributed by atoms with Crippen LogP contribution in [0, 0.1) is 0 Å². The number of piperidine rings is 1. The second kappa shape index (κ2) is 11.6. The van der Waals surface area contributed by atoms with E-state index in [0.29, 0.717) is 23.8 Å². The summed E-state index contributed by atoms with van der Waals surface area (Å²) in [5, 5.41) is 0. The molecule has 0 atom stereocenters. The molecule has 2 aromatic carbocycles. The van der Waals surface area contributed by atoms with E-state index in [9.17, 15) is 4.79 Å². The van der Waals surface area contributed by atoms with Crippen molar-refractivity contribution in [2.45, 2.75) is 25.2 Å². The van der Waals surface area contributed by atoms with E-state index in [1.807, 2.05) is 0 Å². The molecule has 0 bridgehead atoms. The number of carbonyl (C=O) groups is 1. The molecule has 0 radical (unpaired) electrons. The van der Waals surface area contributed by atoms with Crippen molar-refractivity contribution in [3.8, 4) is 0 Å². The van der Waals surface area contributed by atoms with Crippen LogP contribution in [0.15, 0.2) is 54.6 Å². The van der Waals surface area contributed by atoms with Gasteiger partial charge in [0.2, 0.25) is 0 Å². The lowest BCUT2D eigenvalue weighted by molar-refractivity contribution is 0.0484. The first-order valence-corrected chi connectivity index (χ1v) is 9.02.